The molecule has 0 spiro atoms. The average molecular weight is 450 g/mol. The van der Waals surface area contributed by atoms with E-state index in [9.17, 15) is 0 Å². The number of piperidine rings is 1. The zero-order valence-corrected chi connectivity index (χ0v) is 17.1. The molecule has 3 aliphatic heterocycles. The Labute approximate surface area is 160 Å². The maximum atomic E-state index is 4.14. The first-order valence-corrected chi connectivity index (χ1v) is 10.9. The van der Waals surface area contributed by atoms with Gasteiger partial charge in [0, 0.05) is 33.7 Å². The quantitative estimate of drug-likeness (QED) is 0.506. The van der Waals surface area contributed by atoms with Gasteiger partial charge in [-0.05, 0) is 43.9 Å². The fourth-order valence-corrected chi connectivity index (χ4v) is 7.63. The van der Waals surface area contributed by atoms with E-state index >= 15 is 0 Å². The number of fused-ring (bicyclic) bond motifs is 3. The van der Waals surface area contributed by atoms with Crippen molar-refractivity contribution >= 4 is 48.5 Å². The smallest absolute Gasteiger partial charge is 0.0631 e. The first-order valence-electron chi connectivity index (χ1n) is 9.04. The van der Waals surface area contributed by atoms with Crippen LogP contribution in [0.3, 0.4) is 0 Å². The maximum absolute atomic E-state index is 4.14. The van der Waals surface area contributed by atoms with Crippen molar-refractivity contribution in [2.24, 2.45) is 5.41 Å². The number of halogens is 2. The molecule has 1 fully saturated rings. The Hall–Kier alpha value is -0.580. The minimum absolute atomic E-state index is 0.303. The summed E-state index contributed by atoms with van der Waals surface area (Å²) >= 11 is 7.84. The van der Waals surface area contributed by atoms with E-state index in [-0.39, 0.29) is 0 Å². The van der Waals surface area contributed by atoms with Gasteiger partial charge in [-0.25, -0.2) is 0 Å². The molecule has 4 heteroatoms. The summed E-state index contributed by atoms with van der Waals surface area (Å²) in [6, 6.07) is 9.52. The number of benzene rings is 1. The predicted octanol–water partition coefficient (Wildman–Crippen LogP) is 5.70. The van der Waals surface area contributed by atoms with Crippen LogP contribution in [-0.2, 0) is 6.42 Å². The van der Waals surface area contributed by atoms with Gasteiger partial charge in [-0.15, -0.1) is 0 Å². The topological polar surface area (TPSA) is 8.17 Å². The molecule has 0 amide bonds. The second kappa shape index (κ2) is 5.46. The van der Waals surface area contributed by atoms with Crippen LogP contribution >= 0.6 is 31.9 Å². The van der Waals surface area contributed by atoms with E-state index < -0.39 is 0 Å². The van der Waals surface area contributed by atoms with Gasteiger partial charge < -0.3 is 4.57 Å². The highest BCUT2D eigenvalue weighted by atomic mass is 79.9. The third kappa shape index (κ3) is 1.75. The molecule has 0 bridgehead atoms. The molecule has 2 nitrogen and oxygen atoms in total. The summed E-state index contributed by atoms with van der Waals surface area (Å²) in [5.74, 6) is 0. The molecule has 3 atom stereocenters. The molecule has 126 valence electrons. The van der Waals surface area contributed by atoms with E-state index in [1.807, 2.05) is 0 Å². The van der Waals surface area contributed by atoms with Crippen molar-refractivity contribution < 1.29 is 0 Å². The third-order valence-corrected chi connectivity index (χ3v) is 8.57. The third-order valence-electron chi connectivity index (χ3n) is 6.72. The van der Waals surface area contributed by atoms with Gasteiger partial charge in [0.25, 0.3) is 0 Å². The molecule has 0 unspecified atom stereocenters. The van der Waals surface area contributed by atoms with Gasteiger partial charge in [0.2, 0.25) is 0 Å². The normalized spacial score (nSPS) is 33.9. The van der Waals surface area contributed by atoms with Gasteiger partial charge in [-0.1, -0.05) is 57.0 Å². The minimum Gasteiger partial charge on any atom is -0.314 e. The lowest BCUT2D eigenvalue weighted by Gasteiger charge is -2.57. The molecule has 1 aromatic carbocycles. The van der Waals surface area contributed by atoms with Crippen molar-refractivity contribution in [3.63, 3.8) is 0 Å². The Morgan fingerprint density at radius 3 is 2.92 bits per heavy atom. The molecule has 0 aliphatic carbocycles. The molecular formula is C20H22Br2N2. The Balaban J connectivity index is 1.92. The van der Waals surface area contributed by atoms with Gasteiger partial charge in [-0.3, -0.25) is 4.90 Å². The average Bonchev–Trinajstić information content (AvgIpc) is 2.96. The summed E-state index contributed by atoms with van der Waals surface area (Å²) < 4.78 is 2.55. The zero-order valence-electron chi connectivity index (χ0n) is 13.9. The fraction of sp³-hybridized carbons (Fsp3) is 0.500. The minimum atomic E-state index is 0.303. The summed E-state index contributed by atoms with van der Waals surface area (Å²) in [5, 5.41) is 1.45. The van der Waals surface area contributed by atoms with Crippen molar-refractivity contribution in [2.75, 3.05) is 13.1 Å². The van der Waals surface area contributed by atoms with Crippen molar-refractivity contribution in [2.45, 2.75) is 43.5 Å². The largest absolute Gasteiger partial charge is 0.314 e. The number of para-hydroxylation sites is 1. The number of nitrogens with zero attached hydrogens (tertiary/aromatic N) is 2. The van der Waals surface area contributed by atoms with Gasteiger partial charge in [0.1, 0.15) is 0 Å². The second-order valence-corrected chi connectivity index (χ2v) is 8.87. The Morgan fingerprint density at radius 2 is 2.12 bits per heavy atom. The van der Waals surface area contributed by atoms with Crippen LogP contribution in [-0.4, -0.2) is 27.4 Å². The molecule has 0 N–H and O–H groups in total. The molecule has 1 aromatic heterocycles. The molecule has 0 radical (unpaired) electrons. The van der Waals surface area contributed by atoms with Crippen LogP contribution in [0.5, 0.6) is 0 Å². The number of hydrogen-bond donors (Lipinski definition) is 0. The summed E-state index contributed by atoms with van der Waals surface area (Å²) in [6.45, 7) is 4.84. The van der Waals surface area contributed by atoms with Gasteiger partial charge in [0.15, 0.2) is 0 Å². The van der Waals surface area contributed by atoms with Crippen LogP contribution in [0.1, 0.15) is 43.5 Å². The summed E-state index contributed by atoms with van der Waals surface area (Å²) in [4.78, 5) is 5.31. The summed E-state index contributed by atoms with van der Waals surface area (Å²) in [5.41, 5.74) is 6.21. The van der Waals surface area contributed by atoms with Crippen LogP contribution in [0.4, 0.5) is 0 Å². The zero-order chi connectivity index (χ0) is 16.5. The predicted molar refractivity (Wildman–Crippen MR) is 108 cm³/mol. The first-order chi connectivity index (χ1) is 11.7. The van der Waals surface area contributed by atoms with Crippen molar-refractivity contribution in [1.29, 1.82) is 0 Å². The number of hydrogen-bond acceptors (Lipinski definition) is 1. The second-order valence-electron chi connectivity index (χ2n) is 7.49. The van der Waals surface area contributed by atoms with E-state index in [0.29, 0.717) is 16.3 Å². The van der Waals surface area contributed by atoms with E-state index in [1.54, 1.807) is 11.3 Å². The standard InChI is InChI=1S/C20H22Br2N2/c1-2-20-9-5-10-23-11-8-14-13-6-3-4-7-15(13)24(17(14)19(20)23)16(12-21)18(20)22/h3-4,6-7,12,18-19H,2,5,8-11H2,1H3/b16-12+/t18-,19+,20-/m0/s1. The molecule has 5 rings (SSSR count). The highest BCUT2D eigenvalue weighted by molar-refractivity contribution is 9.11. The number of aromatic nitrogens is 1. The summed E-state index contributed by atoms with van der Waals surface area (Å²) in [7, 11) is 0. The van der Waals surface area contributed by atoms with E-state index in [2.05, 4.69) is 77.5 Å². The van der Waals surface area contributed by atoms with Crippen molar-refractivity contribution in [1.82, 2.24) is 9.47 Å². The highest BCUT2D eigenvalue weighted by Gasteiger charge is 2.56. The van der Waals surface area contributed by atoms with Gasteiger partial charge in [0.05, 0.1) is 16.4 Å². The van der Waals surface area contributed by atoms with Gasteiger partial charge >= 0.3 is 0 Å². The van der Waals surface area contributed by atoms with Crippen LogP contribution in [0.2, 0.25) is 0 Å². The van der Waals surface area contributed by atoms with Gasteiger partial charge in [-0.2, -0.15) is 0 Å². The van der Waals surface area contributed by atoms with Crippen LogP contribution in [0.15, 0.2) is 29.3 Å². The molecule has 3 aliphatic rings. The van der Waals surface area contributed by atoms with Crippen LogP contribution in [0.25, 0.3) is 16.6 Å². The maximum Gasteiger partial charge on any atom is 0.0631 e. The number of alkyl halides is 1. The number of allylic oxidation sites excluding steroid dienone is 1. The summed E-state index contributed by atoms with van der Waals surface area (Å²) in [6.07, 6.45) is 5.03. The Bertz CT molecular complexity index is 853. The SMILES string of the molecule is CC[C@]12CCCN3CCc4c(n(c5ccccc45)/C(=C/Br)[C@@H]1Br)[C@@H]32. The lowest BCUT2D eigenvalue weighted by molar-refractivity contribution is -0.00141. The van der Waals surface area contributed by atoms with E-state index in [1.165, 1.54) is 55.4 Å². The van der Waals surface area contributed by atoms with E-state index in [0.717, 1.165) is 0 Å². The van der Waals surface area contributed by atoms with Crippen molar-refractivity contribution in [3.8, 4) is 0 Å². The Kier molecular flexibility index (Phi) is 3.56. The highest BCUT2D eigenvalue weighted by Crippen LogP contribution is 2.61. The molecule has 2 aromatic rings. The monoisotopic (exact) mass is 448 g/mol. The molecule has 4 heterocycles. The van der Waals surface area contributed by atoms with Crippen LogP contribution < -0.4 is 0 Å². The number of rotatable bonds is 1. The van der Waals surface area contributed by atoms with E-state index in [4.69, 9.17) is 0 Å². The van der Waals surface area contributed by atoms with Crippen molar-refractivity contribution in [3.05, 3.63) is 40.5 Å². The molecular weight excluding hydrogens is 428 g/mol. The molecule has 0 saturated carbocycles. The lowest BCUT2D eigenvalue weighted by Crippen LogP contribution is -2.56. The molecule has 1 saturated heterocycles. The molecule has 24 heavy (non-hydrogen) atoms. The first kappa shape index (κ1) is 15.7. The fourth-order valence-electron chi connectivity index (χ4n) is 5.66. The lowest BCUT2D eigenvalue weighted by atomic mass is 9.64. The Morgan fingerprint density at radius 1 is 1.29 bits per heavy atom. The van der Waals surface area contributed by atoms with Crippen LogP contribution in [0, 0.1) is 5.41 Å².